The summed E-state index contributed by atoms with van der Waals surface area (Å²) in [6.07, 6.45) is 0. The van der Waals surface area contributed by atoms with Crippen molar-refractivity contribution in [3.63, 3.8) is 0 Å². The number of ketones is 1. The van der Waals surface area contributed by atoms with Crippen molar-refractivity contribution in [3.8, 4) is 5.75 Å². The molecule has 0 fully saturated rings. The molecule has 1 aliphatic heterocycles. The zero-order valence-electron chi connectivity index (χ0n) is 16.0. The van der Waals surface area contributed by atoms with Crippen LogP contribution in [-0.2, 0) is 9.53 Å². The Bertz CT molecular complexity index is 1160. The number of hydrogen-bond acceptors (Lipinski definition) is 8. The van der Waals surface area contributed by atoms with E-state index in [0.717, 1.165) is 10.0 Å². The van der Waals surface area contributed by atoms with Crippen LogP contribution in [0.1, 0.15) is 22.0 Å². The number of ether oxygens (including phenoxy) is 2. The molecule has 2 heterocycles. The monoisotopic (exact) mass is 469 g/mol. The number of anilines is 1. The number of nitrogens with one attached hydrogen (secondary N) is 1. The number of allylic oxidation sites excluding steroid dienone is 1. The molecule has 9 nitrogen and oxygen atoms in total. The third-order valence-corrected chi connectivity index (χ3v) is 5.20. The van der Waals surface area contributed by atoms with E-state index in [2.05, 4.69) is 36.8 Å². The second kappa shape index (κ2) is 8.07. The van der Waals surface area contributed by atoms with Crippen LogP contribution in [0.25, 0.3) is 0 Å². The van der Waals surface area contributed by atoms with E-state index in [1.165, 1.54) is 18.9 Å². The molecule has 0 saturated carbocycles. The first-order chi connectivity index (χ1) is 14.5. The molecule has 1 atom stereocenters. The fraction of sp³-hybridized carbons (Fsp3) is 0.150. The molecule has 0 radical (unpaired) electrons. The lowest BCUT2D eigenvalue weighted by Crippen LogP contribution is -2.32. The molecule has 0 spiro atoms. The quantitative estimate of drug-likeness (QED) is 0.448. The van der Waals surface area contributed by atoms with Crippen molar-refractivity contribution in [1.82, 2.24) is 20.2 Å². The van der Waals surface area contributed by atoms with Gasteiger partial charge < -0.3 is 14.8 Å². The maximum Gasteiger partial charge on any atom is 0.355 e. The number of aromatic nitrogens is 4. The van der Waals surface area contributed by atoms with Crippen molar-refractivity contribution in [2.75, 3.05) is 19.5 Å². The fourth-order valence-electron chi connectivity index (χ4n) is 3.26. The molecule has 1 N–H and O–H groups in total. The van der Waals surface area contributed by atoms with E-state index in [0.29, 0.717) is 11.3 Å². The van der Waals surface area contributed by atoms with Gasteiger partial charge in [0.1, 0.15) is 17.5 Å². The lowest BCUT2D eigenvalue weighted by atomic mass is 9.89. The van der Waals surface area contributed by atoms with Crippen LogP contribution in [0.2, 0.25) is 0 Å². The van der Waals surface area contributed by atoms with Gasteiger partial charge in [-0.1, -0.05) is 45.3 Å². The van der Waals surface area contributed by atoms with E-state index in [1.807, 2.05) is 24.3 Å². The lowest BCUT2D eigenvalue weighted by Gasteiger charge is -2.28. The Morgan fingerprint density at radius 2 is 1.90 bits per heavy atom. The van der Waals surface area contributed by atoms with Gasteiger partial charge >= 0.3 is 5.97 Å². The smallest absolute Gasteiger partial charge is 0.355 e. The Morgan fingerprint density at radius 3 is 2.60 bits per heavy atom. The number of hydrogen-bond donors (Lipinski definition) is 1. The van der Waals surface area contributed by atoms with E-state index < -0.39 is 12.0 Å². The van der Waals surface area contributed by atoms with E-state index in [1.54, 1.807) is 24.3 Å². The number of fused-ring (bicyclic) bond motifs is 1. The van der Waals surface area contributed by atoms with Crippen LogP contribution in [0.5, 0.6) is 5.75 Å². The fourth-order valence-corrected chi connectivity index (χ4v) is 3.53. The summed E-state index contributed by atoms with van der Waals surface area (Å²) < 4.78 is 12.5. The lowest BCUT2D eigenvalue weighted by molar-refractivity contribution is -0.136. The van der Waals surface area contributed by atoms with Crippen LogP contribution in [0.4, 0.5) is 5.95 Å². The summed E-state index contributed by atoms with van der Waals surface area (Å²) in [5.41, 5.74) is 1.23. The number of tetrazole rings is 1. The summed E-state index contributed by atoms with van der Waals surface area (Å²) >= 11 is 3.41. The SMILES string of the molecule is COC(=O)C1=C(C(=O)c2cccc(OC)c2)[C@H](c2ccc(Br)cc2)n2nnnc2N1. The summed E-state index contributed by atoms with van der Waals surface area (Å²) in [6, 6.07) is 13.3. The van der Waals surface area contributed by atoms with Crippen molar-refractivity contribution in [3.05, 3.63) is 75.4 Å². The molecule has 1 aliphatic rings. The van der Waals surface area contributed by atoms with E-state index in [4.69, 9.17) is 9.47 Å². The molecule has 0 aliphatic carbocycles. The van der Waals surface area contributed by atoms with Gasteiger partial charge in [-0.25, -0.2) is 4.79 Å². The molecular formula is C20H16BrN5O4. The Kier molecular flexibility index (Phi) is 5.32. The second-order valence-corrected chi connectivity index (χ2v) is 7.28. The van der Waals surface area contributed by atoms with Crippen LogP contribution in [0.15, 0.2) is 64.3 Å². The molecule has 1 aromatic heterocycles. The van der Waals surface area contributed by atoms with Crippen LogP contribution < -0.4 is 10.1 Å². The third-order valence-electron chi connectivity index (χ3n) is 4.67. The summed E-state index contributed by atoms with van der Waals surface area (Å²) in [4.78, 5) is 26.2. The summed E-state index contributed by atoms with van der Waals surface area (Å²) in [6.45, 7) is 0. The minimum absolute atomic E-state index is 0.0134. The zero-order chi connectivity index (χ0) is 21.3. The molecule has 3 aromatic rings. The van der Waals surface area contributed by atoms with Gasteiger partial charge in [0.15, 0.2) is 5.78 Å². The molecular weight excluding hydrogens is 454 g/mol. The normalized spacial score (nSPS) is 15.2. The molecule has 2 aromatic carbocycles. The number of carbonyl (C=O) groups is 2. The number of carbonyl (C=O) groups excluding carboxylic acids is 2. The van der Waals surface area contributed by atoms with Crippen molar-refractivity contribution in [2.45, 2.75) is 6.04 Å². The number of methoxy groups -OCH3 is 2. The highest BCUT2D eigenvalue weighted by atomic mass is 79.9. The number of rotatable bonds is 5. The average Bonchev–Trinajstić information content (AvgIpc) is 3.26. The third kappa shape index (κ3) is 3.45. The van der Waals surface area contributed by atoms with Crippen LogP contribution in [-0.4, -0.2) is 46.2 Å². The first kappa shape index (κ1) is 19.8. The predicted molar refractivity (Wildman–Crippen MR) is 110 cm³/mol. The van der Waals surface area contributed by atoms with Gasteiger partial charge in [0, 0.05) is 10.0 Å². The highest BCUT2D eigenvalue weighted by Gasteiger charge is 2.38. The number of Topliss-reactive ketones (excluding diaryl/α,β-unsaturated/α-hetero) is 1. The molecule has 0 bridgehead atoms. The summed E-state index contributed by atoms with van der Waals surface area (Å²) in [5.74, 6) is -0.327. The number of halogens is 1. The summed E-state index contributed by atoms with van der Waals surface area (Å²) in [7, 11) is 2.76. The van der Waals surface area contributed by atoms with Crippen molar-refractivity contribution in [1.29, 1.82) is 0 Å². The zero-order valence-corrected chi connectivity index (χ0v) is 17.6. The minimum Gasteiger partial charge on any atom is -0.497 e. The van der Waals surface area contributed by atoms with Gasteiger partial charge in [-0.05, 0) is 40.3 Å². The minimum atomic E-state index is -0.739. The van der Waals surface area contributed by atoms with Gasteiger partial charge in [0.05, 0.1) is 19.8 Å². The molecule has 0 amide bonds. The van der Waals surface area contributed by atoms with Crippen molar-refractivity contribution in [2.24, 2.45) is 0 Å². The highest BCUT2D eigenvalue weighted by molar-refractivity contribution is 9.10. The number of nitrogens with zero attached hydrogens (tertiary/aromatic N) is 4. The molecule has 10 heteroatoms. The van der Waals surface area contributed by atoms with E-state index in [-0.39, 0.29) is 23.0 Å². The Morgan fingerprint density at radius 1 is 1.13 bits per heavy atom. The van der Waals surface area contributed by atoms with Gasteiger partial charge in [-0.3, -0.25) is 4.79 Å². The Labute approximate surface area is 179 Å². The van der Waals surface area contributed by atoms with E-state index in [9.17, 15) is 9.59 Å². The highest BCUT2D eigenvalue weighted by Crippen LogP contribution is 2.37. The first-order valence-corrected chi connectivity index (χ1v) is 9.64. The maximum atomic E-state index is 13.6. The Hall–Kier alpha value is -3.53. The van der Waals surface area contributed by atoms with Gasteiger partial charge in [-0.2, -0.15) is 4.68 Å². The molecule has 4 rings (SSSR count). The maximum absolute atomic E-state index is 13.6. The van der Waals surface area contributed by atoms with Crippen molar-refractivity contribution >= 4 is 33.6 Å². The van der Waals surface area contributed by atoms with Crippen molar-refractivity contribution < 1.29 is 19.1 Å². The second-order valence-electron chi connectivity index (χ2n) is 6.37. The van der Waals surface area contributed by atoms with E-state index >= 15 is 0 Å². The predicted octanol–water partition coefficient (Wildman–Crippen LogP) is 2.77. The van der Waals surface area contributed by atoms with Gasteiger partial charge in [-0.15, -0.1) is 0 Å². The number of esters is 1. The largest absolute Gasteiger partial charge is 0.497 e. The first-order valence-electron chi connectivity index (χ1n) is 8.85. The van der Waals surface area contributed by atoms with Gasteiger partial charge in [0.25, 0.3) is 0 Å². The average molecular weight is 470 g/mol. The summed E-state index contributed by atoms with van der Waals surface area (Å²) in [5, 5.41) is 14.5. The Balaban J connectivity index is 1.94. The van der Waals surface area contributed by atoms with Gasteiger partial charge in [0.2, 0.25) is 5.95 Å². The molecule has 0 unspecified atom stereocenters. The van der Waals surface area contributed by atoms with Crippen LogP contribution in [0.3, 0.4) is 0 Å². The van der Waals surface area contributed by atoms with Crippen LogP contribution in [0, 0.1) is 0 Å². The molecule has 30 heavy (non-hydrogen) atoms. The standard InChI is InChI=1S/C20H16BrN5O4/c1-29-14-5-3-4-12(10-14)18(27)15-16(19(28)30-2)22-20-23-24-25-26(20)17(15)11-6-8-13(21)9-7-11/h3-10,17H,1-2H3,(H,22,23,25)/t17-/m0/s1. The molecule has 0 saturated heterocycles. The topological polar surface area (TPSA) is 108 Å². The molecule has 152 valence electrons. The number of benzene rings is 2. The van der Waals surface area contributed by atoms with Crippen LogP contribution >= 0.6 is 15.9 Å².